The van der Waals surface area contributed by atoms with E-state index in [2.05, 4.69) is 5.32 Å². The molecule has 0 aromatic heterocycles. The molecule has 3 rings (SSSR count). The zero-order chi connectivity index (χ0) is 15.0. The van der Waals surface area contributed by atoms with E-state index in [0.29, 0.717) is 12.1 Å². The molecule has 1 amide bonds. The molecule has 2 unspecified atom stereocenters. The number of ketones is 1. The van der Waals surface area contributed by atoms with Gasteiger partial charge < -0.3 is 15.5 Å². The van der Waals surface area contributed by atoms with Gasteiger partial charge in [0.15, 0.2) is 17.3 Å². The molecule has 2 atom stereocenters. The highest BCUT2D eigenvalue weighted by Crippen LogP contribution is 2.28. The number of benzene rings is 1. The SMILES string of the molecule is O=C(CN1CCCC2C(=O)NCC21)c1ccc(O)c(O)c1. The summed E-state index contributed by atoms with van der Waals surface area (Å²) in [6.07, 6.45) is 1.78. The molecule has 2 heterocycles. The predicted octanol–water partition coefficient (Wildman–Crippen LogP) is 0.491. The summed E-state index contributed by atoms with van der Waals surface area (Å²) in [6, 6.07) is 4.16. The first-order valence-electron chi connectivity index (χ1n) is 7.13. The number of aromatic hydroxyl groups is 2. The Bertz CT molecular complexity index is 587. The number of fused-ring (bicyclic) bond motifs is 1. The number of nitrogens with one attached hydrogen (secondary N) is 1. The first-order valence-corrected chi connectivity index (χ1v) is 7.13. The maximum Gasteiger partial charge on any atom is 0.224 e. The van der Waals surface area contributed by atoms with Crippen molar-refractivity contribution in [3.05, 3.63) is 23.8 Å². The van der Waals surface area contributed by atoms with Crippen LogP contribution in [0.4, 0.5) is 0 Å². The van der Waals surface area contributed by atoms with Gasteiger partial charge in [0, 0.05) is 18.2 Å². The molecular weight excluding hydrogens is 272 g/mol. The fourth-order valence-corrected chi connectivity index (χ4v) is 3.21. The van der Waals surface area contributed by atoms with E-state index in [-0.39, 0.29) is 41.7 Å². The molecule has 6 nitrogen and oxygen atoms in total. The van der Waals surface area contributed by atoms with E-state index < -0.39 is 0 Å². The Morgan fingerprint density at radius 3 is 2.90 bits per heavy atom. The Labute approximate surface area is 122 Å². The number of amides is 1. The first kappa shape index (κ1) is 13.9. The number of carbonyl (C=O) groups excluding carboxylic acids is 2. The van der Waals surface area contributed by atoms with Gasteiger partial charge in [0.25, 0.3) is 0 Å². The molecular formula is C15H18N2O4. The molecule has 6 heteroatoms. The molecule has 0 bridgehead atoms. The Morgan fingerprint density at radius 1 is 1.33 bits per heavy atom. The minimum Gasteiger partial charge on any atom is -0.504 e. The predicted molar refractivity (Wildman–Crippen MR) is 75.2 cm³/mol. The van der Waals surface area contributed by atoms with Crippen LogP contribution in [-0.2, 0) is 4.79 Å². The van der Waals surface area contributed by atoms with Gasteiger partial charge in [-0.15, -0.1) is 0 Å². The minimum absolute atomic E-state index is 0.0141. The Kier molecular flexibility index (Phi) is 3.55. The minimum atomic E-state index is -0.296. The summed E-state index contributed by atoms with van der Waals surface area (Å²) in [5, 5.41) is 21.6. The number of nitrogens with zero attached hydrogens (tertiary/aromatic N) is 1. The lowest BCUT2D eigenvalue weighted by molar-refractivity contribution is -0.124. The molecule has 112 valence electrons. The largest absolute Gasteiger partial charge is 0.504 e. The van der Waals surface area contributed by atoms with E-state index in [0.717, 1.165) is 19.4 Å². The summed E-state index contributed by atoms with van der Waals surface area (Å²) in [4.78, 5) is 26.1. The van der Waals surface area contributed by atoms with E-state index in [1.807, 2.05) is 4.90 Å². The first-order chi connectivity index (χ1) is 10.1. The van der Waals surface area contributed by atoms with Crippen molar-refractivity contribution >= 4 is 11.7 Å². The van der Waals surface area contributed by atoms with Crippen molar-refractivity contribution in [1.82, 2.24) is 10.2 Å². The van der Waals surface area contributed by atoms with Gasteiger partial charge in [-0.2, -0.15) is 0 Å². The third-order valence-electron chi connectivity index (χ3n) is 4.36. The summed E-state index contributed by atoms with van der Waals surface area (Å²) < 4.78 is 0. The van der Waals surface area contributed by atoms with Crippen LogP contribution in [0.15, 0.2) is 18.2 Å². The second-order valence-electron chi connectivity index (χ2n) is 5.66. The van der Waals surface area contributed by atoms with Crippen LogP contribution >= 0.6 is 0 Å². The molecule has 1 aromatic carbocycles. The zero-order valence-electron chi connectivity index (χ0n) is 11.6. The molecule has 0 radical (unpaired) electrons. The number of Topliss-reactive ketones (excluding diaryl/α,β-unsaturated/α-hetero) is 1. The third kappa shape index (κ3) is 2.58. The molecule has 2 aliphatic rings. The molecule has 0 spiro atoms. The van der Waals surface area contributed by atoms with Crippen molar-refractivity contribution in [2.45, 2.75) is 18.9 Å². The number of hydrogen-bond donors (Lipinski definition) is 3. The number of phenolic OH excluding ortho intramolecular Hbond substituents is 2. The summed E-state index contributed by atoms with van der Waals surface area (Å²) in [7, 11) is 0. The van der Waals surface area contributed by atoms with Crippen LogP contribution in [0.2, 0.25) is 0 Å². The monoisotopic (exact) mass is 290 g/mol. The number of phenols is 2. The van der Waals surface area contributed by atoms with E-state index >= 15 is 0 Å². The maximum absolute atomic E-state index is 12.3. The van der Waals surface area contributed by atoms with Gasteiger partial charge in [-0.3, -0.25) is 14.5 Å². The number of hydrogen-bond acceptors (Lipinski definition) is 5. The number of rotatable bonds is 3. The van der Waals surface area contributed by atoms with Gasteiger partial charge in [-0.1, -0.05) is 0 Å². The van der Waals surface area contributed by atoms with Crippen LogP contribution in [0.1, 0.15) is 23.2 Å². The second-order valence-corrected chi connectivity index (χ2v) is 5.66. The van der Waals surface area contributed by atoms with Gasteiger partial charge in [0.2, 0.25) is 5.91 Å². The zero-order valence-corrected chi connectivity index (χ0v) is 11.6. The fraction of sp³-hybridized carbons (Fsp3) is 0.467. The van der Waals surface area contributed by atoms with Crippen molar-refractivity contribution in [2.75, 3.05) is 19.6 Å². The molecule has 0 saturated carbocycles. The van der Waals surface area contributed by atoms with Gasteiger partial charge in [0.1, 0.15) is 0 Å². The Morgan fingerprint density at radius 2 is 2.14 bits per heavy atom. The smallest absolute Gasteiger partial charge is 0.224 e. The number of likely N-dealkylation sites (tertiary alicyclic amines) is 1. The second kappa shape index (κ2) is 5.37. The van der Waals surface area contributed by atoms with Crippen LogP contribution in [0.3, 0.4) is 0 Å². The van der Waals surface area contributed by atoms with Crippen LogP contribution in [0.25, 0.3) is 0 Å². The van der Waals surface area contributed by atoms with Crippen molar-refractivity contribution in [1.29, 1.82) is 0 Å². The van der Waals surface area contributed by atoms with Crippen LogP contribution < -0.4 is 5.32 Å². The standard InChI is InChI=1S/C15H18N2O4/c18-12-4-3-9(6-13(12)19)14(20)8-17-5-1-2-10-11(17)7-16-15(10)21/h3-4,6,10-11,18-19H,1-2,5,7-8H2,(H,16,21). The molecule has 2 aliphatic heterocycles. The van der Waals surface area contributed by atoms with Crippen molar-refractivity contribution in [2.24, 2.45) is 5.92 Å². The molecule has 2 fully saturated rings. The fourth-order valence-electron chi connectivity index (χ4n) is 3.21. The van der Waals surface area contributed by atoms with E-state index in [1.165, 1.54) is 18.2 Å². The van der Waals surface area contributed by atoms with E-state index in [9.17, 15) is 19.8 Å². The lowest BCUT2D eigenvalue weighted by Gasteiger charge is -2.35. The topological polar surface area (TPSA) is 89.9 Å². The van der Waals surface area contributed by atoms with Gasteiger partial charge in [-0.25, -0.2) is 0 Å². The highest BCUT2D eigenvalue weighted by atomic mass is 16.3. The molecule has 21 heavy (non-hydrogen) atoms. The lowest BCUT2D eigenvalue weighted by atomic mass is 9.91. The van der Waals surface area contributed by atoms with Crippen molar-refractivity contribution in [3.8, 4) is 11.5 Å². The molecule has 1 aromatic rings. The highest BCUT2D eigenvalue weighted by Gasteiger charge is 2.41. The highest BCUT2D eigenvalue weighted by molar-refractivity contribution is 5.98. The van der Waals surface area contributed by atoms with Crippen LogP contribution in [0.5, 0.6) is 11.5 Å². The average Bonchev–Trinajstić information content (AvgIpc) is 2.85. The summed E-state index contributed by atoms with van der Waals surface area (Å²) in [6.45, 7) is 1.61. The number of piperidine rings is 1. The Hall–Kier alpha value is -2.08. The molecule has 2 saturated heterocycles. The Balaban J connectivity index is 1.72. The molecule has 0 aliphatic carbocycles. The summed E-state index contributed by atoms with van der Waals surface area (Å²) >= 11 is 0. The molecule has 3 N–H and O–H groups in total. The van der Waals surface area contributed by atoms with Crippen molar-refractivity contribution < 1.29 is 19.8 Å². The van der Waals surface area contributed by atoms with Crippen LogP contribution in [-0.4, -0.2) is 52.5 Å². The quantitative estimate of drug-likeness (QED) is 0.557. The van der Waals surface area contributed by atoms with E-state index in [1.54, 1.807) is 0 Å². The van der Waals surface area contributed by atoms with Gasteiger partial charge in [0.05, 0.1) is 12.5 Å². The van der Waals surface area contributed by atoms with Gasteiger partial charge in [-0.05, 0) is 37.6 Å². The summed E-state index contributed by atoms with van der Waals surface area (Å²) in [5.41, 5.74) is 0.365. The van der Waals surface area contributed by atoms with Crippen molar-refractivity contribution in [3.63, 3.8) is 0 Å². The maximum atomic E-state index is 12.3. The summed E-state index contributed by atoms with van der Waals surface area (Å²) in [5.74, 6) is -0.588. The average molecular weight is 290 g/mol. The third-order valence-corrected chi connectivity index (χ3v) is 4.36. The lowest BCUT2D eigenvalue weighted by Crippen LogP contribution is -2.47. The van der Waals surface area contributed by atoms with Crippen LogP contribution in [0, 0.1) is 5.92 Å². The number of carbonyl (C=O) groups is 2. The normalized spacial score (nSPS) is 25.4. The van der Waals surface area contributed by atoms with E-state index in [4.69, 9.17) is 0 Å². The van der Waals surface area contributed by atoms with Gasteiger partial charge >= 0.3 is 0 Å².